The Hall–Kier alpha value is -6.68. The molecule has 8 aromatic rings. The minimum Gasteiger partial charge on any atom is -0.378 e. The van der Waals surface area contributed by atoms with E-state index in [9.17, 15) is 28.0 Å². The zero-order valence-electron chi connectivity index (χ0n) is 44.1. The Morgan fingerprint density at radius 1 is 0.701 bits per heavy atom. The van der Waals surface area contributed by atoms with Crippen LogP contribution in [0.5, 0.6) is 0 Å². The Balaban J connectivity index is 0.000000177. The van der Waals surface area contributed by atoms with E-state index in [1.54, 1.807) is 55.9 Å². The highest BCUT2D eigenvalue weighted by atomic mass is 35.5. The molecule has 0 saturated carbocycles. The van der Waals surface area contributed by atoms with E-state index in [4.69, 9.17) is 35.5 Å². The van der Waals surface area contributed by atoms with Gasteiger partial charge in [0.1, 0.15) is 71.3 Å². The van der Waals surface area contributed by atoms with Gasteiger partial charge in [-0.05, 0) is 48.5 Å². The number of nitrogens with zero attached hydrogens (tertiary/aromatic N) is 11. The molecule has 408 valence electrons. The van der Waals surface area contributed by atoms with Crippen LogP contribution in [0.1, 0.15) is 20.7 Å². The zero-order valence-corrected chi connectivity index (χ0v) is 46.8. The van der Waals surface area contributed by atoms with Gasteiger partial charge in [0.25, 0.3) is 0 Å². The molecule has 0 atom stereocenters. The molecule has 10 rings (SSSR count). The summed E-state index contributed by atoms with van der Waals surface area (Å²) in [5.74, 6) is -0.807. The molecule has 1 N–H and O–H groups in total. The number of morpholine rings is 2. The molecule has 6 aromatic heterocycles. The van der Waals surface area contributed by atoms with Crippen molar-refractivity contribution in [2.75, 3.05) is 71.7 Å². The summed E-state index contributed by atoms with van der Waals surface area (Å²) < 4.78 is 54.7. The topological polar surface area (TPSA) is 220 Å². The molecule has 2 saturated heterocycles. The van der Waals surface area contributed by atoms with Gasteiger partial charge in [-0.3, -0.25) is 29.0 Å². The fourth-order valence-electron chi connectivity index (χ4n) is 8.42. The van der Waals surface area contributed by atoms with Crippen molar-refractivity contribution < 1.29 is 46.9 Å². The third-order valence-corrected chi connectivity index (χ3v) is 16.4. The molecule has 0 unspecified atom stereocenters. The van der Waals surface area contributed by atoms with Crippen molar-refractivity contribution in [3.8, 4) is 22.8 Å². The Labute approximate surface area is 450 Å². The van der Waals surface area contributed by atoms with Gasteiger partial charge in [0, 0.05) is 78.7 Å². The number of halogens is 3. The number of H-pyrrole nitrogens is 1. The van der Waals surface area contributed by atoms with Crippen LogP contribution in [-0.2, 0) is 48.5 Å². The summed E-state index contributed by atoms with van der Waals surface area (Å²) in [6.45, 7) is 20.3. The summed E-state index contributed by atoms with van der Waals surface area (Å²) in [7, 11) is -2.39. The molecule has 25 heteroatoms. The monoisotopic (exact) mass is 1110 g/mol. The summed E-state index contributed by atoms with van der Waals surface area (Å²) >= 11 is 5.35. The van der Waals surface area contributed by atoms with Gasteiger partial charge < -0.3 is 37.9 Å². The molecule has 20 nitrogen and oxygen atoms in total. The van der Waals surface area contributed by atoms with E-state index in [1.165, 1.54) is 28.9 Å². The molecule has 0 spiro atoms. The Bertz CT molecular complexity index is 3380. The van der Waals surface area contributed by atoms with Crippen molar-refractivity contribution in [3.63, 3.8) is 0 Å². The number of amides is 2. The minimum absolute atomic E-state index is 0.00460. The number of fused-ring (bicyclic) bond motifs is 4. The predicted octanol–water partition coefficient (Wildman–Crippen LogP) is 7.89. The van der Waals surface area contributed by atoms with Crippen LogP contribution in [0.3, 0.4) is 0 Å². The average Bonchev–Trinajstić information content (AvgIpc) is 4.23. The van der Waals surface area contributed by atoms with Crippen LogP contribution in [0.15, 0.2) is 61.2 Å². The summed E-state index contributed by atoms with van der Waals surface area (Å²) in [4.78, 5) is 69.0. The first-order valence-electron chi connectivity index (χ1n) is 25.3. The maximum absolute atomic E-state index is 14.2. The van der Waals surface area contributed by atoms with Crippen LogP contribution in [0.25, 0.3) is 66.9 Å². The Kier molecular flexibility index (Phi) is 18.5. The SMILES string of the molecule is C[Si](C)(C)CCOCn1cc(C=O)c2nc(-c3n[nH]c4cc(F)ccc34)cnc21.C[Si](C)(C)CCOCn1cc(C=O)c2nc(-c3nn(CC(=O)N4CCOCC4)c4cc(F)ccc34)cnc21.O=C(CCl)N1CCOCC1. The minimum atomic E-state index is -1.22. The zero-order chi connectivity index (χ0) is 54.9. The van der Waals surface area contributed by atoms with Crippen molar-refractivity contribution in [1.82, 2.24) is 58.8 Å². The second kappa shape index (κ2) is 25.2. The van der Waals surface area contributed by atoms with Crippen molar-refractivity contribution in [2.45, 2.75) is 71.4 Å². The molecule has 0 bridgehead atoms. The molecule has 0 aliphatic carbocycles. The van der Waals surface area contributed by atoms with E-state index in [2.05, 4.69) is 69.5 Å². The first-order chi connectivity index (χ1) is 36.9. The highest BCUT2D eigenvalue weighted by Gasteiger charge is 2.24. The van der Waals surface area contributed by atoms with E-state index in [-0.39, 0.29) is 36.8 Å². The number of aldehydes is 2. The molecule has 77 heavy (non-hydrogen) atoms. The number of alkyl halides is 1. The van der Waals surface area contributed by atoms with Crippen LogP contribution < -0.4 is 0 Å². The highest BCUT2D eigenvalue weighted by Crippen LogP contribution is 2.31. The van der Waals surface area contributed by atoms with E-state index >= 15 is 0 Å². The number of carbonyl (C=O) groups excluding carboxylic acids is 4. The van der Waals surface area contributed by atoms with Gasteiger partial charge >= 0.3 is 0 Å². The fraction of sp³-hybridized carbons (Fsp3) is 0.423. The van der Waals surface area contributed by atoms with Gasteiger partial charge in [-0.25, -0.2) is 28.7 Å². The fourth-order valence-corrected chi connectivity index (χ4v) is 10.1. The number of carbonyl (C=O) groups is 4. The maximum Gasteiger partial charge on any atom is 0.244 e. The van der Waals surface area contributed by atoms with Crippen molar-refractivity contribution in [1.29, 1.82) is 0 Å². The van der Waals surface area contributed by atoms with Gasteiger partial charge in [0.2, 0.25) is 11.8 Å². The van der Waals surface area contributed by atoms with Crippen molar-refractivity contribution in [3.05, 3.63) is 83.9 Å². The lowest BCUT2D eigenvalue weighted by molar-refractivity contribution is -0.136. The number of benzene rings is 2. The molecule has 0 radical (unpaired) electrons. The Morgan fingerprint density at radius 2 is 1.19 bits per heavy atom. The molecule has 2 aromatic carbocycles. The Morgan fingerprint density at radius 3 is 1.70 bits per heavy atom. The van der Waals surface area contributed by atoms with Crippen LogP contribution in [-0.4, -0.2) is 171 Å². The highest BCUT2D eigenvalue weighted by molar-refractivity contribution is 6.76. The van der Waals surface area contributed by atoms with E-state index in [1.807, 2.05) is 0 Å². The van der Waals surface area contributed by atoms with Gasteiger partial charge in [-0.15, -0.1) is 11.6 Å². The van der Waals surface area contributed by atoms with Crippen molar-refractivity contribution in [2.24, 2.45) is 0 Å². The number of hydrogen-bond donors (Lipinski definition) is 1. The summed E-state index contributed by atoms with van der Waals surface area (Å²) in [5.41, 5.74) is 5.86. The smallest absolute Gasteiger partial charge is 0.244 e. The lowest BCUT2D eigenvalue weighted by atomic mass is 10.1. The maximum atomic E-state index is 14.2. The van der Waals surface area contributed by atoms with Gasteiger partial charge in [0.15, 0.2) is 23.9 Å². The van der Waals surface area contributed by atoms with Crippen LogP contribution in [0.4, 0.5) is 8.78 Å². The number of aromatic nitrogens is 10. The molecule has 2 aliphatic heterocycles. The first-order valence-corrected chi connectivity index (χ1v) is 33.2. The summed E-state index contributed by atoms with van der Waals surface area (Å²) in [6, 6.07) is 10.8. The van der Waals surface area contributed by atoms with Gasteiger partial charge in [0.05, 0.1) is 61.0 Å². The first kappa shape index (κ1) is 56.5. The standard InChI is InChI=1S/C26H31FN6O4Si.C20H22FN5O2Si.C6H10ClNO2/c1-38(2,3)11-10-37-17-32-14-18(16-34)24-26(32)28-13-21(29-24)25-20-5-4-19(27)12-22(20)33(30-25)15-23(35)31-6-8-36-9-7-31;1-29(2,3)7-6-28-12-26-10-13(11-27)18-20(26)22-9-17(23-18)19-15-5-4-14(21)8-16(15)24-25-19;7-5-6(9)8-1-3-10-4-2-8/h4-5,12-14,16H,6-11,15,17H2,1-3H3;4-5,8-11H,6-7,12H2,1-3H3,(H,24,25);1-5H2. The van der Waals surface area contributed by atoms with Crippen LogP contribution in [0, 0.1) is 11.6 Å². The van der Waals surface area contributed by atoms with Gasteiger partial charge in [-0.1, -0.05) is 39.3 Å². The van der Waals surface area contributed by atoms with E-state index in [0.717, 1.165) is 30.0 Å². The second-order valence-corrected chi connectivity index (χ2v) is 32.5. The van der Waals surface area contributed by atoms with E-state index in [0.29, 0.717) is 145 Å². The molecule has 2 fully saturated rings. The summed E-state index contributed by atoms with van der Waals surface area (Å²) in [6.07, 6.45) is 8.07. The summed E-state index contributed by atoms with van der Waals surface area (Å²) in [5, 5.41) is 13.1. The normalized spacial score (nSPS) is 14.2. The third kappa shape index (κ3) is 14.3. The van der Waals surface area contributed by atoms with Gasteiger partial charge in [-0.2, -0.15) is 10.2 Å². The molecular formula is C52H63ClF2N12O8Si2. The van der Waals surface area contributed by atoms with Crippen LogP contribution in [0.2, 0.25) is 51.4 Å². The van der Waals surface area contributed by atoms with Crippen LogP contribution >= 0.6 is 11.6 Å². The number of ether oxygens (including phenoxy) is 4. The lowest BCUT2D eigenvalue weighted by Gasteiger charge is -2.26. The molecule has 2 aliphatic rings. The quantitative estimate of drug-likeness (QED) is 0.0397. The second-order valence-electron chi connectivity index (χ2n) is 20.9. The number of hydrogen-bond acceptors (Lipinski definition) is 14. The van der Waals surface area contributed by atoms with E-state index < -0.39 is 22.0 Å². The third-order valence-electron chi connectivity index (χ3n) is 12.7. The largest absolute Gasteiger partial charge is 0.378 e. The number of nitrogens with one attached hydrogen (secondary N) is 1. The predicted molar refractivity (Wildman–Crippen MR) is 293 cm³/mol. The molecular weight excluding hydrogens is 1050 g/mol. The molecule has 8 heterocycles. The number of aromatic amines is 1. The number of rotatable bonds is 17. The lowest BCUT2D eigenvalue weighted by Crippen LogP contribution is -2.42. The average molecular weight is 1110 g/mol. The molecule has 2 amide bonds. The van der Waals surface area contributed by atoms with Crippen molar-refractivity contribution >= 4 is 96.3 Å².